The number of hydrogen-bond donors (Lipinski definition) is 1. The first kappa shape index (κ1) is 13.0. The van der Waals surface area contributed by atoms with E-state index in [9.17, 15) is 9.90 Å². The van der Waals surface area contributed by atoms with E-state index in [0.29, 0.717) is 5.69 Å². The molecule has 4 heteroatoms. The third-order valence-electron chi connectivity index (χ3n) is 3.56. The molecule has 1 aromatic heterocycles. The summed E-state index contributed by atoms with van der Waals surface area (Å²) < 4.78 is 0. The van der Waals surface area contributed by atoms with Crippen LogP contribution in [0.25, 0.3) is 0 Å². The van der Waals surface area contributed by atoms with Crippen molar-refractivity contribution >= 4 is 5.91 Å². The average molecular weight is 248 g/mol. The molecular weight excluding hydrogens is 228 g/mol. The van der Waals surface area contributed by atoms with Crippen LogP contribution in [0.5, 0.6) is 0 Å². The zero-order valence-electron chi connectivity index (χ0n) is 10.8. The van der Waals surface area contributed by atoms with E-state index < -0.39 is 0 Å². The zero-order valence-corrected chi connectivity index (χ0v) is 10.8. The highest BCUT2D eigenvalue weighted by atomic mass is 16.3. The third-order valence-corrected chi connectivity index (χ3v) is 3.56. The zero-order chi connectivity index (χ0) is 13.0. The van der Waals surface area contributed by atoms with Crippen LogP contribution in [0.15, 0.2) is 18.3 Å². The fourth-order valence-corrected chi connectivity index (χ4v) is 2.48. The Labute approximate surface area is 108 Å². The maximum absolute atomic E-state index is 12.5. The molecule has 1 amide bonds. The number of aliphatic hydroxyl groups is 1. The Balaban J connectivity index is 2.23. The molecule has 0 saturated carbocycles. The molecule has 0 aliphatic carbocycles. The van der Waals surface area contributed by atoms with Gasteiger partial charge in [0.15, 0.2) is 0 Å². The highest BCUT2D eigenvalue weighted by molar-refractivity contribution is 5.93. The third kappa shape index (κ3) is 2.70. The molecule has 1 aliphatic rings. The van der Waals surface area contributed by atoms with E-state index in [1.807, 2.05) is 19.1 Å². The van der Waals surface area contributed by atoms with Gasteiger partial charge in [-0.05, 0) is 31.4 Å². The SMILES string of the molecule is Cc1cccnc1C(=O)N1CCCCCC1CO. The number of carbonyl (C=O) groups excluding carboxylic acids is 1. The molecule has 1 aliphatic heterocycles. The molecule has 0 bridgehead atoms. The number of aryl methyl sites for hydroxylation is 1. The smallest absolute Gasteiger partial charge is 0.273 e. The molecule has 18 heavy (non-hydrogen) atoms. The second kappa shape index (κ2) is 5.96. The number of rotatable bonds is 2. The average Bonchev–Trinajstić information content (AvgIpc) is 2.63. The van der Waals surface area contributed by atoms with Crippen molar-refractivity contribution in [1.29, 1.82) is 0 Å². The minimum absolute atomic E-state index is 0.0393. The normalized spacial score (nSPS) is 20.6. The summed E-state index contributed by atoms with van der Waals surface area (Å²) in [6.45, 7) is 2.66. The van der Waals surface area contributed by atoms with Gasteiger partial charge in [-0.25, -0.2) is 0 Å². The highest BCUT2D eigenvalue weighted by Gasteiger charge is 2.27. The highest BCUT2D eigenvalue weighted by Crippen LogP contribution is 2.19. The maximum Gasteiger partial charge on any atom is 0.273 e. The van der Waals surface area contributed by atoms with Gasteiger partial charge in [0.1, 0.15) is 5.69 Å². The molecule has 1 unspecified atom stereocenters. The van der Waals surface area contributed by atoms with E-state index in [2.05, 4.69) is 4.98 Å². The van der Waals surface area contributed by atoms with Gasteiger partial charge < -0.3 is 10.0 Å². The maximum atomic E-state index is 12.5. The minimum atomic E-state index is -0.0543. The van der Waals surface area contributed by atoms with Gasteiger partial charge in [-0.3, -0.25) is 9.78 Å². The van der Waals surface area contributed by atoms with E-state index in [4.69, 9.17) is 0 Å². The first-order valence-electron chi connectivity index (χ1n) is 6.57. The Kier molecular flexibility index (Phi) is 4.31. The largest absolute Gasteiger partial charge is 0.394 e. The summed E-state index contributed by atoms with van der Waals surface area (Å²) in [7, 11) is 0. The molecule has 98 valence electrons. The second-order valence-electron chi connectivity index (χ2n) is 4.85. The second-order valence-corrected chi connectivity index (χ2v) is 4.85. The van der Waals surface area contributed by atoms with Gasteiger partial charge in [-0.2, -0.15) is 0 Å². The molecular formula is C14H20N2O2. The summed E-state index contributed by atoms with van der Waals surface area (Å²) in [5.41, 5.74) is 1.40. The van der Waals surface area contributed by atoms with Crippen LogP contribution in [0.2, 0.25) is 0 Å². The molecule has 1 saturated heterocycles. The lowest BCUT2D eigenvalue weighted by molar-refractivity contribution is 0.0593. The van der Waals surface area contributed by atoms with Crippen molar-refractivity contribution in [3.63, 3.8) is 0 Å². The molecule has 0 aromatic carbocycles. The van der Waals surface area contributed by atoms with Crippen LogP contribution in [0.3, 0.4) is 0 Å². The number of aliphatic hydroxyl groups excluding tert-OH is 1. The number of hydrogen-bond acceptors (Lipinski definition) is 3. The van der Waals surface area contributed by atoms with Gasteiger partial charge in [0.25, 0.3) is 5.91 Å². The minimum Gasteiger partial charge on any atom is -0.394 e. The molecule has 1 aromatic rings. The molecule has 4 nitrogen and oxygen atoms in total. The number of pyridine rings is 1. The van der Waals surface area contributed by atoms with Crippen molar-refractivity contribution in [3.05, 3.63) is 29.6 Å². The van der Waals surface area contributed by atoms with Gasteiger partial charge in [0, 0.05) is 12.7 Å². The molecule has 1 N–H and O–H groups in total. The van der Waals surface area contributed by atoms with Crippen LogP contribution in [-0.2, 0) is 0 Å². The van der Waals surface area contributed by atoms with Crippen LogP contribution in [0, 0.1) is 6.92 Å². The van der Waals surface area contributed by atoms with Crippen molar-refractivity contribution in [3.8, 4) is 0 Å². The predicted octanol–water partition coefficient (Wildman–Crippen LogP) is 1.77. The van der Waals surface area contributed by atoms with Crippen LogP contribution in [0.1, 0.15) is 41.7 Å². The molecule has 2 heterocycles. The van der Waals surface area contributed by atoms with E-state index in [0.717, 1.165) is 37.8 Å². The number of likely N-dealkylation sites (tertiary alicyclic amines) is 1. The standard InChI is InChI=1S/C14H20N2O2/c1-11-6-5-8-15-13(11)14(18)16-9-4-2-3-7-12(16)10-17/h5-6,8,12,17H,2-4,7,9-10H2,1H3. The molecule has 1 atom stereocenters. The van der Waals surface area contributed by atoms with Crippen LogP contribution in [0.4, 0.5) is 0 Å². The lowest BCUT2D eigenvalue weighted by Gasteiger charge is -2.28. The van der Waals surface area contributed by atoms with Gasteiger partial charge >= 0.3 is 0 Å². The van der Waals surface area contributed by atoms with E-state index in [1.54, 1.807) is 11.1 Å². The van der Waals surface area contributed by atoms with Crippen molar-refractivity contribution in [2.45, 2.75) is 38.6 Å². The monoisotopic (exact) mass is 248 g/mol. The number of aromatic nitrogens is 1. The Morgan fingerprint density at radius 3 is 3.06 bits per heavy atom. The van der Waals surface area contributed by atoms with Gasteiger partial charge in [0.2, 0.25) is 0 Å². The first-order chi connectivity index (χ1) is 8.74. The summed E-state index contributed by atoms with van der Waals surface area (Å²) in [5.74, 6) is -0.0472. The molecule has 0 spiro atoms. The number of nitrogens with zero attached hydrogens (tertiary/aromatic N) is 2. The van der Waals surface area contributed by atoms with Crippen LogP contribution >= 0.6 is 0 Å². The van der Waals surface area contributed by atoms with E-state index in [1.165, 1.54) is 0 Å². The fourth-order valence-electron chi connectivity index (χ4n) is 2.48. The Hall–Kier alpha value is -1.42. The van der Waals surface area contributed by atoms with Crippen molar-refractivity contribution in [2.24, 2.45) is 0 Å². The summed E-state index contributed by atoms with van der Waals surface area (Å²) in [6.07, 6.45) is 5.74. The Bertz CT molecular complexity index is 420. The number of carbonyl (C=O) groups is 1. The van der Waals surface area contributed by atoms with Crippen molar-refractivity contribution < 1.29 is 9.90 Å². The first-order valence-corrected chi connectivity index (χ1v) is 6.57. The van der Waals surface area contributed by atoms with Gasteiger partial charge in [0.05, 0.1) is 12.6 Å². The van der Waals surface area contributed by atoms with Gasteiger partial charge in [-0.15, -0.1) is 0 Å². The summed E-state index contributed by atoms with van der Waals surface area (Å²) in [6, 6.07) is 3.67. The number of amides is 1. The van der Waals surface area contributed by atoms with E-state index in [-0.39, 0.29) is 18.6 Å². The lowest BCUT2D eigenvalue weighted by atomic mass is 10.1. The Morgan fingerprint density at radius 2 is 2.33 bits per heavy atom. The summed E-state index contributed by atoms with van der Waals surface area (Å²) in [5, 5.41) is 9.44. The van der Waals surface area contributed by atoms with E-state index >= 15 is 0 Å². The van der Waals surface area contributed by atoms with Crippen molar-refractivity contribution in [2.75, 3.05) is 13.2 Å². The Morgan fingerprint density at radius 1 is 1.50 bits per heavy atom. The topological polar surface area (TPSA) is 53.4 Å². The molecule has 1 fully saturated rings. The fraction of sp³-hybridized carbons (Fsp3) is 0.571. The predicted molar refractivity (Wildman–Crippen MR) is 69.4 cm³/mol. The van der Waals surface area contributed by atoms with Crippen LogP contribution in [-0.4, -0.2) is 40.1 Å². The van der Waals surface area contributed by atoms with Gasteiger partial charge in [-0.1, -0.05) is 18.9 Å². The summed E-state index contributed by atoms with van der Waals surface area (Å²) >= 11 is 0. The van der Waals surface area contributed by atoms with Crippen molar-refractivity contribution in [1.82, 2.24) is 9.88 Å². The molecule has 2 rings (SSSR count). The quantitative estimate of drug-likeness (QED) is 0.867. The van der Waals surface area contributed by atoms with Crippen LogP contribution < -0.4 is 0 Å². The molecule has 0 radical (unpaired) electrons. The lowest BCUT2D eigenvalue weighted by Crippen LogP contribution is -2.42. The summed E-state index contributed by atoms with van der Waals surface area (Å²) in [4.78, 5) is 18.5.